The van der Waals surface area contributed by atoms with E-state index in [0.29, 0.717) is 5.69 Å². The summed E-state index contributed by atoms with van der Waals surface area (Å²) in [6.45, 7) is 7.70. The third kappa shape index (κ3) is 4.08. The number of pyridine rings is 1. The van der Waals surface area contributed by atoms with Gasteiger partial charge in [-0.3, -0.25) is 4.98 Å². The normalized spacial score (nSPS) is 12.1. The maximum Gasteiger partial charge on any atom is 0.195 e. The quantitative estimate of drug-likeness (QED) is 0.141. The first kappa shape index (κ1) is 27.9. The second-order valence-electron chi connectivity index (χ2n) is 13.4. The molecular weight excluding hydrogens is 621 g/mol. The number of rotatable bonds is 3. The molecule has 0 saturated heterocycles. The molecule has 234 valence electrons. The van der Waals surface area contributed by atoms with Crippen molar-refractivity contribution in [1.82, 2.24) is 4.98 Å². The first-order valence-electron chi connectivity index (χ1n) is 17.1. The fourth-order valence-corrected chi connectivity index (χ4v) is 8.38. The van der Waals surface area contributed by atoms with Crippen LogP contribution in [0.3, 0.4) is 0 Å². The Morgan fingerprint density at radius 3 is 1.75 bits per heavy atom. The average molecular weight is 647 g/mol. The number of benzene rings is 9. The number of hydrogen-bond donors (Lipinski definition) is 0. The smallest absolute Gasteiger partial charge is 0.195 e. The highest BCUT2D eigenvalue weighted by molar-refractivity contribution is 6.25. The van der Waals surface area contributed by atoms with Gasteiger partial charge < -0.3 is 4.74 Å². The Labute approximate surface area is 293 Å². The standard InChI is InChI=1S/C48H26N2O/c1-49-43-18-20-45-48-40(9-4-10-41(43)48)42-26-28(15-19-44(42)51-45)36-16-17-37(39-8-3-2-7-38(36)39)35-24-31-13-11-29-22-34(33-6-5-21-50-27-33)23-30-12-14-32(25-35)47(31)46(29)30/h2-27H. The topological polar surface area (TPSA) is 26.5 Å². The summed E-state index contributed by atoms with van der Waals surface area (Å²) in [6.07, 6.45) is 3.75. The van der Waals surface area contributed by atoms with Gasteiger partial charge in [-0.2, -0.15) is 0 Å². The fraction of sp³-hybridized carbons (Fsp3) is 0. The summed E-state index contributed by atoms with van der Waals surface area (Å²) in [4.78, 5) is 8.12. The van der Waals surface area contributed by atoms with Crippen molar-refractivity contribution in [1.29, 1.82) is 0 Å². The summed E-state index contributed by atoms with van der Waals surface area (Å²) in [5.41, 5.74) is 9.81. The molecule has 3 heteroatoms. The molecule has 1 aromatic heterocycles. The molecule has 1 aliphatic rings. The molecule has 0 spiro atoms. The van der Waals surface area contributed by atoms with Crippen LogP contribution in [0.25, 0.3) is 103 Å². The lowest BCUT2D eigenvalue weighted by molar-refractivity contribution is 0.487. The largest absolute Gasteiger partial charge is 0.456 e. The minimum atomic E-state index is 0.641. The zero-order chi connectivity index (χ0) is 33.6. The van der Waals surface area contributed by atoms with Gasteiger partial charge in [-0.15, -0.1) is 0 Å². The molecule has 0 unspecified atom stereocenters. The third-order valence-electron chi connectivity index (χ3n) is 10.7. The van der Waals surface area contributed by atoms with Crippen LogP contribution in [0.1, 0.15) is 0 Å². The van der Waals surface area contributed by atoms with E-state index >= 15 is 0 Å². The van der Waals surface area contributed by atoms with Crippen molar-refractivity contribution >= 4 is 59.5 Å². The van der Waals surface area contributed by atoms with Gasteiger partial charge in [-0.25, -0.2) is 4.85 Å². The van der Waals surface area contributed by atoms with Crippen molar-refractivity contribution in [2.45, 2.75) is 0 Å². The molecule has 0 atom stereocenters. The predicted octanol–water partition coefficient (Wildman–Crippen LogP) is 13.6. The highest BCUT2D eigenvalue weighted by atomic mass is 16.5. The maximum absolute atomic E-state index is 7.70. The van der Waals surface area contributed by atoms with Gasteiger partial charge in [-0.1, -0.05) is 97.1 Å². The van der Waals surface area contributed by atoms with Crippen LogP contribution in [-0.2, 0) is 0 Å². The maximum atomic E-state index is 7.70. The van der Waals surface area contributed by atoms with E-state index in [1.807, 2.05) is 42.7 Å². The Morgan fingerprint density at radius 2 is 1.08 bits per heavy atom. The predicted molar refractivity (Wildman–Crippen MR) is 211 cm³/mol. The van der Waals surface area contributed by atoms with Crippen LogP contribution >= 0.6 is 0 Å². The van der Waals surface area contributed by atoms with E-state index in [0.717, 1.165) is 44.5 Å². The molecule has 10 aromatic rings. The van der Waals surface area contributed by atoms with Crippen molar-refractivity contribution in [3.63, 3.8) is 0 Å². The number of aromatic nitrogens is 1. The first-order valence-corrected chi connectivity index (χ1v) is 17.1. The summed E-state index contributed by atoms with van der Waals surface area (Å²) in [5, 5.41) is 11.9. The van der Waals surface area contributed by atoms with Gasteiger partial charge >= 0.3 is 0 Å². The Bertz CT molecular complexity index is 3050. The summed E-state index contributed by atoms with van der Waals surface area (Å²) in [7, 11) is 0. The van der Waals surface area contributed by atoms with Gasteiger partial charge in [-0.05, 0) is 130 Å². The molecule has 1 aliphatic heterocycles. The van der Waals surface area contributed by atoms with Crippen LogP contribution in [0.5, 0.6) is 11.5 Å². The van der Waals surface area contributed by atoms with Gasteiger partial charge in [0.25, 0.3) is 0 Å². The van der Waals surface area contributed by atoms with E-state index in [4.69, 9.17) is 11.3 Å². The van der Waals surface area contributed by atoms with E-state index < -0.39 is 0 Å². The van der Waals surface area contributed by atoms with Crippen molar-refractivity contribution in [3.05, 3.63) is 169 Å². The average Bonchev–Trinajstić information content (AvgIpc) is 3.19. The lowest BCUT2D eigenvalue weighted by Gasteiger charge is -2.23. The monoisotopic (exact) mass is 646 g/mol. The summed E-state index contributed by atoms with van der Waals surface area (Å²) < 4.78 is 6.41. The zero-order valence-electron chi connectivity index (χ0n) is 27.3. The third-order valence-corrected chi connectivity index (χ3v) is 10.7. The minimum Gasteiger partial charge on any atom is -0.456 e. The summed E-state index contributed by atoms with van der Waals surface area (Å²) in [5.74, 6) is 1.63. The summed E-state index contributed by atoms with van der Waals surface area (Å²) >= 11 is 0. The summed E-state index contributed by atoms with van der Waals surface area (Å²) in [6, 6.07) is 52.1. The molecule has 3 nitrogen and oxygen atoms in total. The van der Waals surface area contributed by atoms with Crippen LogP contribution in [0.15, 0.2) is 158 Å². The van der Waals surface area contributed by atoms with E-state index in [-0.39, 0.29) is 0 Å². The molecule has 0 fully saturated rings. The molecule has 0 bridgehead atoms. The highest BCUT2D eigenvalue weighted by Crippen LogP contribution is 2.50. The van der Waals surface area contributed by atoms with Gasteiger partial charge in [0.15, 0.2) is 5.69 Å². The lowest BCUT2D eigenvalue weighted by atomic mass is 9.87. The molecule has 9 aromatic carbocycles. The van der Waals surface area contributed by atoms with Gasteiger partial charge in [0, 0.05) is 28.9 Å². The SMILES string of the molecule is [C-]#[N+]c1ccc2c3c(cccc13)-c1cc(-c3ccc(-c4cc5ccc6cc(-c7cccnc7)cc7ccc(c4)c5c67)c4ccccc34)ccc1O2. The molecule has 51 heavy (non-hydrogen) atoms. The Hall–Kier alpha value is -7.02. The molecule has 0 N–H and O–H groups in total. The molecule has 0 amide bonds. The second kappa shape index (κ2) is 10.5. The number of hydrogen-bond acceptors (Lipinski definition) is 2. The highest BCUT2D eigenvalue weighted by Gasteiger charge is 2.22. The van der Waals surface area contributed by atoms with E-state index in [2.05, 4.69) is 125 Å². The molecule has 2 heterocycles. The Morgan fingerprint density at radius 1 is 0.431 bits per heavy atom. The zero-order valence-corrected chi connectivity index (χ0v) is 27.3. The van der Waals surface area contributed by atoms with Crippen LogP contribution in [0.4, 0.5) is 5.69 Å². The van der Waals surface area contributed by atoms with Gasteiger partial charge in [0.05, 0.1) is 6.57 Å². The van der Waals surface area contributed by atoms with E-state index in [1.54, 1.807) is 0 Å². The van der Waals surface area contributed by atoms with Crippen LogP contribution in [0, 0.1) is 6.57 Å². The van der Waals surface area contributed by atoms with Crippen LogP contribution in [-0.4, -0.2) is 4.98 Å². The Balaban J connectivity index is 1.05. The number of nitrogens with zero attached hydrogens (tertiary/aromatic N) is 2. The minimum absolute atomic E-state index is 0.641. The Kier molecular flexibility index (Phi) is 5.73. The van der Waals surface area contributed by atoms with Crippen molar-refractivity contribution in [3.8, 4) is 56.0 Å². The van der Waals surface area contributed by atoms with Crippen LogP contribution in [0.2, 0.25) is 0 Å². The van der Waals surface area contributed by atoms with E-state index in [1.165, 1.54) is 65.3 Å². The van der Waals surface area contributed by atoms with Crippen molar-refractivity contribution in [2.75, 3.05) is 0 Å². The molecule has 0 radical (unpaired) electrons. The first-order chi connectivity index (χ1) is 25.2. The molecule has 0 saturated carbocycles. The molecule has 11 rings (SSSR count). The molecule has 0 aliphatic carbocycles. The number of fused-ring (bicyclic) bond motifs is 3. The lowest BCUT2D eigenvalue weighted by Crippen LogP contribution is -1.97. The van der Waals surface area contributed by atoms with Gasteiger partial charge in [0.2, 0.25) is 0 Å². The van der Waals surface area contributed by atoms with Gasteiger partial charge in [0.1, 0.15) is 11.5 Å². The number of ether oxygens (including phenoxy) is 1. The van der Waals surface area contributed by atoms with Crippen molar-refractivity contribution < 1.29 is 4.74 Å². The second-order valence-corrected chi connectivity index (χ2v) is 13.4. The fourth-order valence-electron chi connectivity index (χ4n) is 8.38. The van der Waals surface area contributed by atoms with Crippen molar-refractivity contribution in [2.24, 2.45) is 0 Å². The molecular formula is C48H26N2O. The van der Waals surface area contributed by atoms with Crippen LogP contribution < -0.4 is 4.74 Å². The van der Waals surface area contributed by atoms with E-state index in [9.17, 15) is 0 Å².